The number of primary amides is 1. The van der Waals surface area contributed by atoms with Crippen molar-refractivity contribution in [1.29, 1.82) is 0 Å². The van der Waals surface area contributed by atoms with E-state index in [9.17, 15) is 4.79 Å². The van der Waals surface area contributed by atoms with E-state index in [0.717, 1.165) is 17.0 Å². The van der Waals surface area contributed by atoms with Gasteiger partial charge in [-0.2, -0.15) is 5.10 Å². The highest BCUT2D eigenvalue weighted by Crippen LogP contribution is 2.35. The molecular weight excluding hydrogens is 292 g/mol. The van der Waals surface area contributed by atoms with Crippen molar-refractivity contribution in [1.82, 2.24) is 0 Å². The second-order valence-corrected chi connectivity index (χ2v) is 5.34. The molecule has 2 aromatic carbocycles. The normalized spacial score (nSPS) is 17.0. The maximum absolute atomic E-state index is 11.2. The molecule has 118 valence electrons. The Morgan fingerprint density at radius 1 is 1.17 bits per heavy atom. The van der Waals surface area contributed by atoms with Crippen LogP contribution in [-0.2, 0) is 0 Å². The summed E-state index contributed by atoms with van der Waals surface area (Å²) in [5.41, 5.74) is 13.6. The zero-order valence-electron chi connectivity index (χ0n) is 12.8. The van der Waals surface area contributed by atoms with Gasteiger partial charge < -0.3 is 16.2 Å². The first-order valence-electron chi connectivity index (χ1n) is 7.24. The molecule has 1 amide bonds. The highest BCUT2D eigenvalue weighted by Gasteiger charge is 2.28. The molecule has 1 atom stereocenters. The second-order valence-electron chi connectivity index (χ2n) is 5.34. The summed E-state index contributed by atoms with van der Waals surface area (Å²) >= 11 is 0. The molecular formula is C17H18N4O2. The lowest BCUT2D eigenvalue weighted by Gasteiger charge is -2.24. The maximum atomic E-state index is 11.2. The number of methoxy groups -OCH3 is 1. The summed E-state index contributed by atoms with van der Waals surface area (Å²) < 4.78 is 5.18. The summed E-state index contributed by atoms with van der Waals surface area (Å²) in [5.74, 6) is 0.919. The molecule has 0 radical (unpaired) electrons. The van der Waals surface area contributed by atoms with Crippen molar-refractivity contribution >= 4 is 17.4 Å². The highest BCUT2D eigenvalue weighted by molar-refractivity contribution is 5.92. The number of ether oxygens (including phenoxy) is 1. The molecule has 0 bridgehead atoms. The van der Waals surface area contributed by atoms with Gasteiger partial charge in [0.15, 0.2) is 0 Å². The van der Waals surface area contributed by atoms with Crippen molar-refractivity contribution in [3.05, 3.63) is 59.7 Å². The molecule has 0 aromatic heterocycles. The standard InChI is InChI=1S/C17H18N4O2/c1-23-14-8-6-13(7-9-14)21-15(10-16(18)20-21)11-2-4-12(5-3-11)17(19)22/h2-9,15H,10H2,1H3,(H2,18,20)(H2,19,22). The third kappa shape index (κ3) is 2.96. The summed E-state index contributed by atoms with van der Waals surface area (Å²) in [7, 11) is 1.63. The van der Waals surface area contributed by atoms with Crippen molar-refractivity contribution in [2.24, 2.45) is 16.6 Å². The van der Waals surface area contributed by atoms with Crippen LogP contribution in [0, 0.1) is 0 Å². The zero-order valence-corrected chi connectivity index (χ0v) is 12.8. The van der Waals surface area contributed by atoms with E-state index in [4.69, 9.17) is 16.2 Å². The van der Waals surface area contributed by atoms with E-state index in [1.54, 1.807) is 19.2 Å². The monoisotopic (exact) mass is 310 g/mol. The van der Waals surface area contributed by atoms with Gasteiger partial charge in [-0.1, -0.05) is 12.1 Å². The van der Waals surface area contributed by atoms with Crippen LogP contribution in [0.3, 0.4) is 0 Å². The molecule has 0 fully saturated rings. The Hall–Kier alpha value is -3.02. The van der Waals surface area contributed by atoms with Crippen LogP contribution < -0.4 is 21.2 Å². The minimum Gasteiger partial charge on any atom is -0.497 e. The Balaban J connectivity index is 1.89. The van der Waals surface area contributed by atoms with Gasteiger partial charge in [-0.05, 0) is 42.0 Å². The van der Waals surface area contributed by atoms with Gasteiger partial charge in [-0.15, -0.1) is 0 Å². The van der Waals surface area contributed by atoms with E-state index in [1.807, 2.05) is 41.4 Å². The molecule has 1 aliphatic rings. The first-order chi connectivity index (χ1) is 11.1. The van der Waals surface area contributed by atoms with E-state index in [1.165, 1.54) is 0 Å². The number of benzene rings is 2. The van der Waals surface area contributed by atoms with E-state index >= 15 is 0 Å². The fourth-order valence-corrected chi connectivity index (χ4v) is 2.63. The van der Waals surface area contributed by atoms with Crippen LogP contribution >= 0.6 is 0 Å². The number of hydrazone groups is 1. The number of carbonyl (C=O) groups is 1. The predicted molar refractivity (Wildman–Crippen MR) is 89.4 cm³/mol. The number of anilines is 1. The van der Waals surface area contributed by atoms with Gasteiger partial charge >= 0.3 is 0 Å². The molecule has 1 aliphatic heterocycles. The van der Waals surface area contributed by atoms with Crippen molar-refractivity contribution in [2.75, 3.05) is 12.1 Å². The Kier molecular flexibility index (Phi) is 3.89. The Morgan fingerprint density at radius 3 is 2.39 bits per heavy atom. The quantitative estimate of drug-likeness (QED) is 0.903. The topological polar surface area (TPSA) is 93.9 Å². The predicted octanol–water partition coefficient (Wildman–Crippen LogP) is 2.02. The Morgan fingerprint density at radius 2 is 1.83 bits per heavy atom. The molecule has 6 heteroatoms. The first-order valence-corrected chi connectivity index (χ1v) is 7.24. The molecule has 6 nitrogen and oxygen atoms in total. The number of carbonyl (C=O) groups excluding carboxylic acids is 1. The molecule has 0 aliphatic carbocycles. The number of hydrogen-bond donors (Lipinski definition) is 2. The Labute approximate surface area is 134 Å². The van der Waals surface area contributed by atoms with Crippen molar-refractivity contribution < 1.29 is 9.53 Å². The first kappa shape index (κ1) is 14.9. The molecule has 1 unspecified atom stereocenters. The fourth-order valence-electron chi connectivity index (χ4n) is 2.63. The smallest absolute Gasteiger partial charge is 0.248 e. The minimum atomic E-state index is -0.439. The van der Waals surface area contributed by atoms with E-state index in [-0.39, 0.29) is 6.04 Å². The number of nitrogens with two attached hydrogens (primary N) is 2. The highest BCUT2D eigenvalue weighted by atomic mass is 16.5. The summed E-state index contributed by atoms with van der Waals surface area (Å²) in [6, 6.07) is 14.8. The summed E-state index contributed by atoms with van der Waals surface area (Å²) in [4.78, 5) is 11.2. The molecule has 1 heterocycles. The second kappa shape index (κ2) is 6.00. The summed E-state index contributed by atoms with van der Waals surface area (Å²) in [6.45, 7) is 0. The largest absolute Gasteiger partial charge is 0.497 e. The Bertz CT molecular complexity index is 738. The van der Waals surface area contributed by atoms with Gasteiger partial charge in [-0.3, -0.25) is 9.80 Å². The van der Waals surface area contributed by atoms with Crippen LogP contribution in [-0.4, -0.2) is 18.9 Å². The van der Waals surface area contributed by atoms with Crippen LogP contribution in [0.4, 0.5) is 5.69 Å². The third-order valence-electron chi connectivity index (χ3n) is 3.85. The van der Waals surface area contributed by atoms with Gasteiger partial charge in [-0.25, -0.2) is 0 Å². The molecule has 4 N–H and O–H groups in total. The SMILES string of the molecule is COc1ccc(N2N=C(N)CC2c2ccc(C(N)=O)cc2)cc1. The van der Waals surface area contributed by atoms with E-state index in [0.29, 0.717) is 17.8 Å². The zero-order chi connectivity index (χ0) is 16.4. The van der Waals surface area contributed by atoms with Crippen molar-refractivity contribution in [3.8, 4) is 5.75 Å². The number of hydrogen-bond acceptors (Lipinski definition) is 5. The summed E-state index contributed by atoms with van der Waals surface area (Å²) in [6.07, 6.45) is 0.627. The average molecular weight is 310 g/mol. The van der Waals surface area contributed by atoms with Crippen LogP contribution in [0.5, 0.6) is 5.75 Å². The average Bonchev–Trinajstić information content (AvgIpc) is 2.97. The molecule has 3 rings (SSSR count). The molecule has 0 saturated heterocycles. The lowest BCUT2D eigenvalue weighted by atomic mass is 10.0. The lowest BCUT2D eigenvalue weighted by molar-refractivity contribution is 0.100. The molecule has 2 aromatic rings. The number of amidine groups is 1. The number of nitrogens with zero attached hydrogens (tertiary/aromatic N) is 2. The van der Waals surface area contributed by atoms with Crippen LogP contribution in [0.15, 0.2) is 53.6 Å². The van der Waals surface area contributed by atoms with Crippen molar-refractivity contribution in [2.45, 2.75) is 12.5 Å². The third-order valence-corrected chi connectivity index (χ3v) is 3.85. The van der Waals surface area contributed by atoms with Gasteiger partial charge in [0.25, 0.3) is 0 Å². The van der Waals surface area contributed by atoms with Crippen molar-refractivity contribution in [3.63, 3.8) is 0 Å². The maximum Gasteiger partial charge on any atom is 0.248 e. The van der Waals surface area contributed by atoms with Gasteiger partial charge in [0.2, 0.25) is 5.91 Å². The van der Waals surface area contributed by atoms with Crippen LogP contribution in [0.2, 0.25) is 0 Å². The molecule has 0 saturated carbocycles. The van der Waals surface area contributed by atoms with E-state index < -0.39 is 5.91 Å². The number of amides is 1. The number of rotatable bonds is 4. The molecule has 0 spiro atoms. The van der Waals surface area contributed by atoms with Gasteiger partial charge in [0.1, 0.15) is 11.6 Å². The van der Waals surface area contributed by atoms with Gasteiger partial charge in [0.05, 0.1) is 18.8 Å². The van der Waals surface area contributed by atoms with E-state index in [2.05, 4.69) is 5.10 Å². The van der Waals surface area contributed by atoms with Crippen LogP contribution in [0.1, 0.15) is 28.4 Å². The summed E-state index contributed by atoms with van der Waals surface area (Å²) in [5, 5.41) is 6.31. The van der Waals surface area contributed by atoms with Crippen LogP contribution in [0.25, 0.3) is 0 Å². The van der Waals surface area contributed by atoms with Gasteiger partial charge in [0, 0.05) is 12.0 Å². The fraction of sp³-hybridized carbons (Fsp3) is 0.176. The lowest BCUT2D eigenvalue weighted by Crippen LogP contribution is -2.19. The minimum absolute atomic E-state index is 0.00896. The molecule has 23 heavy (non-hydrogen) atoms.